The Hall–Kier alpha value is -3.22. The number of nitrogens with one attached hydrogen (secondary N) is 1. The molecule has 1 aliphatic rings. The zero-order chi connectivity index (χ0) is 21.5. The van der Waals surface area contributed by atoms with Gasteiger partial charge in [0.05, 0.1) is 6.61 Å². The fourth-order valence-electron chi connectivity index (χ4n) is 3.74. The van der Waals surface area contributed by atoms with Gasteiger partial charge in [-0.05, 0) is 49.9 Å². The van der Waals surface area contributed by atoms with Crippen LogP contribution in [0.15, 0.2) is 47.0 Å². The van der Waals surface area contributed by atoms with Crippen molar-refractivity contribution in [3.05, 3.63) is 54.0 Å². The molecule has 0 spiro atoms. The predicted octanol–water partition coefficient (Wildman–Crippen LogP) is 4.97. The maximum absolute atomic E-state index is 12.5. The SMILES string of the molecule is Cc1ccc(-c2nnc(CCC(=O)Nc3ncccc3OCC3CCCCC3)o2)cc1. The molecule has 1 aliphatic carbocycles. The van der Waals surface area contributed by atoms with Crippen molar-refractivity contribution < 1.29 is 13.9 Å². The van der Waals surface area contributed by atoms with Crippen molar-refractivity contribution in [2.75, 3.05) is 11.9 Å². The van der Waals surface area contributed by atoms with Crippen LogP contribution >= 0.6 is 0 Å². The van der Waals surface area contributed by atoms with Gasteiger partial charge in [-0.15, -0.1) is 10.2 Å². The standard InChI is InChI=1S/C24H28N4O3/c1-17-9-11-19(12-10-17)24-28-27-22(31-24)14-13-21(29)26-23-20(8-5-15-25-23)30-16-18-6-3-2-4-7-18/h5,8-12,15,18H,2-4,6-7,13-14,16H2,1H3,(H,25,26,29). The lowest BCUT2D eigenvalue weighted by atomic mass is 9.90. The lowest BCUT2D eigenvalue weighted by Gasteiger charge is -2.22. The van der Waals surface area contributed by atoms with E-state index in [1.165, 1.54) is 32.1 Å². The van der Waals surface area contributed by atoms with E-state index in [-0.39, 0.29) is 12.3 Å². The number of benzene rings is 1. The van der Waals surface area contributed by atoms with E-state index in [0.717, 1.165) is 11.1 Å². The Morgan fingerprint density at radius 2 is 1.94 bits per heavy atom. The van der Waals surface area contributed by atoms with Crippen LogP contribution in [0.3, 0.4) is 0 Å². The third-order valence-corrected chi connectivity index (χ3v) is 5.56. The zero-order valence-electron chi connectivity index (χ0n) is 17.8. The molecule has 0 atom stereocenters. The van der Waals surface area contributed by atoms with Crippen LogP contribution in [0, 0.1) is 12.8 Å². The number of carbonyl (C=O) groups excluding carboxylic acids is 1. The van der Waals surface area contributed by atoms with Gasteiger partial charge in [-0.2, -0.15) is 0 Å². The smallest absolute Gasteiger partial charge is 0.247 e. The molecule has 31 heavy (non-hydrogen) atoms. The maximum atomic E-state index is 12.5. The third-order valence-electron chi connectivity index (χ3n) is 5.56. The van der Waals surface area contributed by atoms with Crippen molar-refractivity contribution in [3.8, 4) is 17.2 Å². The molecule has 162 valence electrons. The summed E-state index contributed by atoms with van der Waals surface area (Å²) in [6, 6.07) is 11.5. The second-order valence-corrected chi connectivity index (χ2v) is 8.08. The van der Waals surface area contributed by atoms with Crippen molar-refractivity contribution in [1.82, 2.24) is 15.2 Å². The lowest BCUT2D eigenvalue weighted by Crippen LogP contribution is -2.18. The summed E-state index contributed by atoms with van der Waals surface area (Å²) in [7, 11) is 0. The fraction of sp³-hybridized carbons (Fsp3) is 0.417. The molecule has 0 unspecified atom stereocenters. The Kier molecular flexibility index (Phi) is 6.92. The minimum Gasteiger partial charge on any atom is -0.489 e. The monoisotopic (exact) mass is 420 g/mol. The molecule has 1 amide bonds. The van der Waals surface area contributed by atoms with Crippen molar-refractivity contribution in [3.63, 3.8) is 0 Å². The first-order valence-corrected chi connectivity index (χ1v) is 10.9. The van der Waals surface area contributed by atoms with E-state index in [9.17, 15) is 4.79 Å². The molecule has 4 rings (SSSR count). The molecule has 2 heterocycles. The van der Waals surface area contributed by atoms with Crippen LogP contribution in [0.2, 0.25) is 0 Å². The molecule has 2 aromatic heterocycles. The summed E-state index contributed by atoms with van der Waals surface area (Å²) in [4.78, 5) is 16.7. The Morgan fingerprint density at radius 1 is 1.13 bits per heavy atom. The van der Waals surface area contributed by atoms with E-state index in [4.69, 9.17) is 9.15 Å². The summed E-state index contributed by atoms with van der Waals surface area (Å²) in [6.45, 7) is 2.69. The predicted molar refractivity (Wildman–Crippen MR) is 118 cm³/mol. The topological polar surface area (TPSA) is 90.1 Å². The fourth-order valence-corrected chi connectivity index (χ4v) is 3.74. The van der Waals surface area contributed by atoms with Crippen LogP contribution in [-0.4, -0.2) is 27.7 Å². The summed E-state index contributed by atoms with van der Waals surface area (Å²) in [5, 5.41) is 11.0. The zero-order valence-corrected chi connectivity index (χ0v) is 17.8. The molecule has 0 aliphatic heterocycles. The molecule has 0 radical (unpaired) electrons. The van der Waals surface area contributed by atoms with E-state index in [2.05, 4.69) is 20.5 Å². The van der Waals surface area contributed by atoms with Gasteiger partial charge in [0.2, 0.25) is 17.7 Å². The Morgan fingerprint density at radius 3 is 2.74 bits per heavy atom. The molecule has 3 aromatic rings. The molecule has 0 bridgehead atoms. The van der Waals surface area contributed by atoms with Crippen molar-refractivity contribution in [2.24, 2.45) is 5.92 Å². The quantitative estimate of drug-likeness (QED) is 0.553. The van der Waals surface area contributed by atoms with Gasteiger partial charge < -0.3 is 14.5 Å². The van der Waals surface area contributed by atoms with Gasteiger partial charge in [-0.25, -0.2) is 4.98 Å². The number of amides is 1. The first-order valence-electron chi connectivity index (χ1n) is 10.9. The first-order chi connectivity index (χ1) is 15.2. The second-order valence-electron chi connectivity index (χ2n) is 8.08. The van der Waals surface area contributed by atoms with E-state index >= 15 is 0 Å². The highest BCUT2D eigenvalue weighted by atomic mass is 16.5. The number of aryl methyl sites for hydroxylation is 2. The molecular weight excluding hydrogens is 392 g/mol. The average molecular weight is 421 g/mol. The molecular formula is C24H28N4O3. The van der Waals surface area contributed by atoms with Gasteiger partial charge >= 0.3 is 0 Å². The van der Waals surface area contributed by atoms with Crippen LogP contribution in [0.1, 0.15) is 50.0 Å². The number of aromatic nitrogens is 3. The maximum Gasteiger partial charge on any atom is 0.247 e. The third kappa shape index (κ3) is 5.90. The number of anilines is 1. The second kappa shape index (κ2) is 10.2. The van der Waals surface area contributed by atoms with Crippen LogP contribution < -0.4 is 10.1 Å². The minimum atomic E-state index is -0.170. The number of pyridine rings is 1. The Balaban J connectivity index is 1.29. The average Bonchev–Trinajstić information content (AvgIpc) is 3.27. The minimum absolute atomic E-state index is 0.170. The highest BCUT2D eigenvalue weighted by Crippen LogP contribution is 2.27. The van der Waals surface area contributed by atoms with Gasteiger partial charge in [0.15, 0.2) is 11.6 Å². The summed E-state index contributed by atoms with van der Waals surface area (Å²) >= 11 is 0. The van der Waals surface area contributed by atoms with E-state index in [1.807, 2.05) is 43.3 Å². The van der Waals surface area contributed by atoms with Gasteiger partial charge in [0.1, 0.15) is 0 Å². The number of rotatable bonds is 8. The normalized spacial score (nSPS) is 14.4. The van der Waals surface area contributed by atoms with E-state index < -0.39 is 0 Å². The molecule has 7 nitrogen and oxygen atoms in total. The van der Waals surface area contributed by atoms with Crippen molar-refractivity contribution in [2.45, 2.75) is 51.9 Å². The number of hydrogen-bond acceptors (Lipinski definition) is 6. The Labute approximate surface area is 182 Å². The summed E-state index contributed by atoms with van der Waals surface area (Å²) in [6.07, 6.45) is 8.49. The van der Waals surface area contributed by atoms with Gasteiger partial charge in [0.25, 0.3) is 0 Å². The number of nitrogens with zero attached hydrogens (tertiary/aromatic N) is 3. The summed E-state index contributed by atoms with van der Waals surface area (Å²) < 4.78 is 11.7. The first kappa shape index (κ1) is 21.0. The van der Waals surface area contributed by atoms with E-state index in [1.54, 1.807) is 6.20 Å². The summed E-state index contributed by atoms with van der Waals surface area (Å²) in [5.41, 5.74) is 2.03. The van der Waals surface area contributed by atoms with Crippen LogP contribution in [-0.2, 0) is 11.2 Å². The number of carbonyl (C=O) groups is 1. The molecule has 1 fully saturated rings. The largest absolute Gasteiger partial charge is 0.489 e. The molecule has 7 heteroatoms. The number of hydrogen-bond donors (Lipinski definition) is 1. The molecule has 1 N–H and O–H groups in total. The molecule has 1 saturated carbocycles. The van der Waals surface area contributed by atoms with Crippen LogP contribution in [0.5, 0.6) is 5.75 Å². The van der Waals surface area contributed by atoms with E-state index in [0.29, 0.717) is 42.3 Å². The molecule has 1 aromatic carbocycles. The number of ether oxygens (including phenoxy) is 1. The van der Waals surface area contributed by atoms with Gasteiger partial charge in [-0.3, -0.25) is 4.79 Å². The van der Waals surface area contributed by atoms with Gasteiger partial charge in [-0.1, -0.05) is 37.0 Å². The van der Waals surface area contributed by atoms with Crippen LogP contribution in [0.4, 0.5) is 5.82 Å². The highest BCUT2D eigenvalue weighted by molar-refractivity contribution is 5.91. The lowest BCUT2D eigenvalue weighted by molar-refractivity contribution is -0.116. The molecule has 0 saturated heterocycles. The highest BCUT2D eigenvalue weighted by Gasteiger charge is 2.16. The Bertz CT molecular complexity index is 994. The summed E-state index contributed by atoms with van der Waals surface area (Å²) in [5.74, 6) is 2.36. The van der Waals surface area contributed by atoms with Crippen molar-refractivity contribution >= 4 is 11.7 Å². The van der Waals surface area contributed by atoms with Crippen LogP contribution in [0.25, 0.3) is 11.5 Å². The van der Waals surface area contributed by atoms with Crippen molar-refractivity contribution in [1.29, 1.82) is 0 Å². The van der Waals surface area contributed by atoms with Gasteiger partial charge in [0, 0.05) is 24.6 Å².